The Morgan fingerprint density at radius 1 is 1.12 bits per heavy atom. The Hall–Kier alpha value is -2.05. The van der Waals surface area contributed by atoms with Gasteiger partial charge in [0.15, 0.2) is 6.61 Å². The van der Waals surface area contributed by atoms with Gasteiger partial charge in [0.25, 0.3) is 5.91 Å². The lowest BCUT2D eigenvalue weighted by Gasteiger charge is -2.12. The van der Waals surface area contributed by atoms with Crippen LogP contribution in [0.1, 0.15) is 18.9 Å². The van der Waals surface area contributed by atoms with E-state index in [2.05, 4.69) is 26.6 Å². The van der Waals surface area contributed by atoms with Gasteiger partial charge in [-0.25, -0.2) is 0 Å². The molecule has 7 heteroatoms. The van der Waals surface area contributed by atoms with Gasteiger partial charge in [0.1, 0.15) is 5.75 Å². The highest BCUT2D eigenvalue weighted by molar-refractivity contribution is 9.10. The van der Waals surface area contributed by atoms with Crippen molar-refractivity contribution in [2.45, 2.75) is 20.3 Å². The number of nitrogens with one attached hydrogen (secondary N) is 2. The zero-order valence-electron chi connectivity index (χ0n) is 13.9. The molecule has 0 fully saturated rings. The molecule has 0 bridgehead atoms. The predicted octanol–water partition coefficient (Wildman–Crippen LogP) is 4.78. The van der Waals surface area contributed by atoms with Gasteiger partial charge in [-0.2, -0.15) is 0 Å². The molecular formula is C18H18BrClN2O3. The Labute approximate surface area is 159 Å². The van der Waals surface area contributed by atoms with Gasteiger partial charge in [-0.3, -0.25) is 9.59 Å². The number of benzene rings is 2. The molecule has 0 spiro atoms. The second kappa shape index (κ2) is 8.87. The van der Waals surface area contributed by atoms with E-state index in [0.29, 0.717) is 28.6 Å². The summed E-state index contributed by atoms with van der Waals surface area (Å²) in [6.07, 6.45) is 0.387. The maximum absolute atomic E-state index is 12.1. The lowest BCUT2D eigenvalue weighted by Crippen LogP contribution is -2.20. The largest absolute Gasteiger partial charge is 0.482 e. The number of hydrogen-bond acceptors (Lipinski definition) is 3. The molecular weight excluding hydrogens is 408 g/mol. The van der Waals surface area contributed by atoms with Crippen molar-refractivity contribution in [1.29, 1.82) is 0 Å². The third kappa shape index (κ3) is 5.76. The highest BCUT2D eigenvalue weighted by Crippen LogP contribution is 2.27. The van der Waals surface area contributed by atoms with Crippen molar-refractivity contribution in [1.82, 2.24) is 0 Å². The molecule has 5 nitrogen and oxygen atoms in total. The van der Waals surface area contributed by atoms with Crippen LogP contribution in [0.4, 0.5) is 11.4 Å². The summed E-state index contributed by atoms with van der Waals surface area (Å²) < 4.78 is 6.26. The summed E-state index contributed by atoms with van der Waals surface area (Å²) in [6, 6.07) is 10.5. The molecule has 0 aromatic heterocycles. The average molecular weight is 426 g/mol. The monoisotopic (exact) mass is 424 g/mol. The molecule has 2 rings (SSSR count). The van der Waals surface area contributed by atoms with Gasteiger partial charge in [0.05, 0.1) is 5.02 Å². The van der Waals surface area contributed by atoms with E-state index in [1.54, 1.807) is 37.3 Å². The number of carbonyl (C=O) groups excluding carboxylic acids is 2. The van der Waals surface area contributed by atoms with E-state index < -0.39 is 0 Å². The van der Waals surface area contributed by atoms with Crippen LogP contribution in [0.15, 0.2) is 40.9 Å². The molecule has 0 atom stereocenters. The van der Waals surface area contributed by atoms with Gasteiger partial charge in [-0.15, -0.1) is 0 Å². The fourth-order valence-electron chi connectivity index (χ4n) is 2.01. The van der Waals surface area contributed by atoms with E-state index in [1.807, 2.05) is 13.0 Å². The normalized spacial score (nSPS) is 10.2. The molecule has 2 aromatic rings. The molecule has 2 amide bonds. The first kappa shape index (κ1) is 19.3. The smallest absolute Gasteiger partial charge is 0.262 e. The molecule has 0 unspecified atom stereocenters. The molecule has 25 heavy (non-hydrogen) atoms. The average Bonchev–Trinajstić information content (AvgIpc) is 2.57. The van der Waals surface area contributed by atoms with E-state index in [9.17, 15) is 9.59 Å². The molecule has 0 aliphatic carbocycles. The van der Waals surface area contributed by atoms with Crippen molar-refractivity contribution in [3.63, 3.8) is 0 Å². The standard InChI is InChI=1S/C18H18BrClN2O3/c1-3-17(23)22-15-9-13(6-4-11(15)2)21-18(24)10-25-16-7-5-12(19)8-14(16)20/h4-9H,3,10H2,1-2H3,(H,21,24)(H,22,23). The van der Waals surface area contributed by atoms with Crippen molar-refractivity contribution in [2.75, 3.05) is 17.2 Å². The van der Waals surface area contributed by atoms with Crippen molar-refractivity contribution in [3.05, 3.63) is 51.5 Å². The van der Waals surface area contributed by atoms with Crippen LogP contribution in [0, 0.1) is 6.92 Å². The van der Waals surface area contributed by atoms with Crippen LogP contribution in [-0.2, 0) is 9.59 Å². The fraction of sp³-hybridized carbons (Fsp3) is 0.222. The first-order chi connectivity index (χ1) is 11.9. The fourth-order valence-corrected chi connectivity index (χ4v) is 2.73. The number of ether oxygens (including phenoxy) is 1. The molecule has 0 heterocycles. The summed E-state index contributed by atoms with van der Waals surface area (Å²) in [7, 11) is 0. The summed E-state index contributed by atoms with van der Waals surface area (Å²) >= 11 is 9.35. The Kier molecular flexibility index (Phi) is 6.84. The number of halogens is 2. The van der Waals surface area contributed by atoms with Gasteiger partial charge < -0.3 is 15.4 Å². The molecule has 0 aliphatic rings. The van der Waals surface area contributed by atoms with E-state index in [0.717, 1.165) is 10.0 Å². The van der Waals surface area contributed by atoms with Crippen molar-refractivity contribution < 1.29 is 14.3 Å². The van der Waals surface area contributed by atoms with Gasteiger partial charge in [-0.05, 0) is 42.8 Å². The predicted molar refractivity (Wildman–Crippen MR) is 103 cm³/mol. The minimum absolute atomic E-state index is 0.0835. The zero-order chi connectivity index (χ0) is 18.4. The molecule has 2 N–H and O–H groups in total. The lowest BCUT2D eigenvalue weighted by atomic mass is 10.1. The first-order valence-electron chi connectivity index (χ1n) is 7.67. The van der Waals surface area contributed by atoms with E-state index in [1.165, 1.54) is 0 Å². The molecule has 0 radical (unpaired) electrons. The number of amides is 2. The van der Waals surface area contributed by atoms with Gasteiger partial charge in [0, 0.05) is 22.3 Å². The van der Waals surface area contributed by atoms with Crippen molar-refractivity contribution in [3.8, 4) is 5.75 Å². The summed E-state index contributed by atoms with van der Waals surface area (Å²) in [5.41, 5.74) is 2.16. The quantitative estimate of drug-likeness (QED) is 0.700. The van der Waals surface area contributed by atoms with Crippen LogP contribution in [0.25, 0.3) is 0 Å². The highest BCUT2D eigenvalue weighted by Gasteiger charge is 2.09. The molecule has 0 aliphatic heterocycles. The number of aryl methyl sites for hydroxylation is 1. The third-order valence-electron chi connectivity index (χ3n) is 3.37. The van der Waals surface area contributed by atoms with Crippen LogP contribution in [0.2, 0.25) is 5.02 Å². The molecule has 132 valence electrons. The Balaban J connectivity index is 1.98. The minimum atomic E-state index is -0.324. The van der Waals surface area contributed by atoms with Crippen LogP contribution < -0.4 is 15.4 Å². The molecule has 0 saturated heterocycles. The lowest BCUT2D eigenvalue weighted by molar-refractivity contribution is -0.118. The Morgan fingerprint density at radius 2 is 1.88 bits per heavy atom. The van der Waals surface area contributed by atoms with Crippen molar-refractivity contribution in [2.24, 2.45) is 0 Å². The van der Waals surface area contributed by atoms with E-state index in [4.69, 9.17) is 16.3 Å². The number of anilines is 2. The van der Waals surface area contributed by atoms with Gasteiger partial charge in [-0.1, -0.05) is 40.5 Å². The topological polar surface area (TPSA) is 67.4 Å². The SMILES string of the molecule is CCC(=O)Nc1cc(NC(=O)COc2ccc(Br)cc2Cl)ccc1C. The van der Waals surface area contributed by atoms with Crippen LogP contribution >= 0.6 is 27.5 Å². The van der Waals surface area contributed by atoms with Crippen molar-refractivity contribution >= 4 is 50.7 Å². The van der Waals surface area contributed by atoms with E-state index in [-0.39, 0.29) is 18.4 Å². The second-order valence-electron chi connectivity index (χ2n) is 5.34. The van der Waals surface area contributed by atoms with Crippen LogP contribution in [0.5, 0.6) is 5.75 Å². The maximum Gasteiger partial charge on any atom is 0.262 e. The first-order valence-corrected chi connectivity index (χ1v) is 8.84. The zero-order valence-corrected chi connectivity index (χ0v) is 16.2. The Morgan fingerprint density at radius 3 is 2.56 bits per heavy atom. The molecule has 0 saturated carbocycles. The van der Waals surface area contributed by atoms with Gasteiger partial charge in [0.2, 0.25) is 5.91 Å². The summed E-state index contributed by atoms with van der Waals surface area (Å²) in [6.45, 7) is 3.49. The number of carbonyl (C=O) groups is 2. The van der Waals surface area contributed by atoms with Crippen LogP contribution in [0.3, 0.4) is 0 Å². The highest BCUT2D eigenvalue weighted by atomic mass is 79.9. The second-order valence-corrected chi connectivity index (χ2v) is 6.67. The van der Waals surface area contributed by atoms with E-state index >= 15 is 0 Å². The summed E-state index contributed by atoms with van der Waals surface area (Å²) in [5, 5.41) is 5.95. The van der Waals surface area contributed by atoms with Gasteiger partial charge >= 0.3 is 0 Å². The number of hydrogen-bond donors (Lipinski definition) is 2. The third-order valence-corrected chi connectivity index (χ3v) is 4.16. The summed E-state index contributed by atoms with van der Waals surface area (Å²) in [5.74, 6) is 0.0233. The Bertz CT molecular complexity index is 796. The number of rotatable bonds is 6. The minimum Gasteiger partial charge on any atom is -0.482 e. The molecule has 2 aromatic carbocycles. The maximum atomic E-state index is 12.1. The van der Waals surface area contributed by atoms with Crippen LogP contribution in [-0.4, -0.2) is 18.4 Å². The summed E-state index contributed by atoms with van der Waals surface area (Å²) in [4.78, 5) is 23.6.